The highest BCUT2D eigenvalue weighted by Crippen LogP contribution is 2.21. The van der Waals surface area contributed by atoms with E-state index in [4.69, 9.17) is 4.74 Å². The van der Waals surface area contributed by atoms with Gasteiger partial charge in [-0.3, -0.25) is 20.5 Å². The number of nitrogens with one attached hydrogen (secondary N) is 1. The molecule has 0 saturated carbocycles. The van der Waals surface area contributed by atoms with Crippen molar-refractivity contribution in [2.24, 2.45) is 0 Å². The second-order valence-electron chi connectivity index (χ2n) is 5.26. The van der Waals surface area contributed by atoms with Gasteiger partial charge in [-0.15, -0.1) is 0 Å². The summed E-state index contributed by atoms with van der Waals surface area (Å²) in [6.45, 7) is 0.756. The number of benzene rings is 2. The van der Waals surface area contributed by atoms with E-state index >= 15 is 0 Å². The van der Waals surface area contributed by atoms with Crippen LogP contribution in [0.25, 0.3) is 6.08 Å². The fourth-order valence-electron chi connectivity index (χ4n) is 2.37. The molecular formula is C18H17N3O3. The lowest BCUT2D eigenvalue weighted by atomic mass is 10.2. The largest absolute Gasteiger partial charge is 0.497 e. The van der Waals surface area contributed by atoms with Crippen LogP contribution in [0, 0.1) is 10.1 Å². The van der Waals surface area contributed by atoms with E-state index < -0.39 is 4.92 Å². The van der Waals surface area contributed by atoms with Crippen molar-refractivity contribution in [2.75, 3.05) is 18.7 Å². The molecule has 0 fully saturated rings. The number of methoxy groups -OCH3 is 1. The van der Waals surface area contributed by atoms with Crippen molar-refractivity contribution in [1.82, 2.24) is 5.43 Å². The van der Waals surface area contributed by atoms with E-state index in [1.165, 1.54) is 12.1 Å². The summed E-state index contributed by atoms with van der Waals surface area (Å²) >= 11 is 0. The van der Waals surface area contributed by atoms with Gasteiger partial charge in [0.15, 0.2) is 0 Å². The van der Waals surface area contributed by atoms with E-state index in [9.17, 15) is 10.1 Å². The number of rotatable bonds is 5. The highest BCUT2D eigenvalue weighted by atomic mass is 16.6. The lowest BCUT2D eigenvalue weighted by molar-refractivity contribution is -0.384. The number of hydrazine groups is 1. The summed E-state index contributed by atoms with van der Waals surface area (Å²) in [5.41, 5.74) is 6.33. The van der Waals surface area contributed by atoms with Crippen molar-refractivity contribution in [3.8, 4) is 5.75 Å². The first kappa shape index (κ1) is 15.6. The van der Waals surface area contributed by atoms with Crippen LogP contribution in [0.3, 0.4) is 0 Å². The number of anilines is 1. The second kappa shape index (κ2) is 6.87. The maximum atomic E-state index is 10.6. The lowest BCUT2D eigenvalue weighted by Crippen LogP contribution is -2.31. The third kappa shape index (κ3) is 3.55. The zero-order valence-corrected chi connectivity index (χ0v) is 13.2. The fraction of sp³-hybridized carbons (Fsp3) is 0.111. The van der Waals surface area contributed by atoms with Crippen LogP contribution < -0.4 is 15.2 Å². The van der Waals surface area contributed by atoms with Gasteiger partial charge in [0.1, 0.15) is 5.75 Å². The van der Waals surface area contributed by atoms with Crippen LogP contribution in [0.1, 0.15) is 5.56 Å². The molecule has 0 spiro atoms. The summed E-state index contributed by atoms with van der Waals surface area (Å²) in [6, 6.07) is 14.3. The number of non-ortho nitro benzene ring substituents is 1. The van der Waals surface area contributed by atoms with Gasteiger partial charge >= 0.3 is 0 Å². The van der Waals surface area contributed by atoms with Crippen LogP contribution in [-0.2, 0) is 0 Å². The lowest BCUT2D eigenvalue weighted by Gasteiger charge is -2.19. The van der Waals surface area contributed by atoms with Gasteiger partial charge in [-0.1, -0.05) is 6.08 Å². The van der Waals surface area contributed by atoms with Crippen LogP contribution in [0.4, 0.5) is 11.4 Å². The maximum absolute atomic E-state index is 10.6. The van der Waals surface area contributed by atoms with Crippen molar-refractivity contribution in [2.45, 2.75) is 0 Å². The molecule has 0 unspecified atom stereocenters. The summed E-state index contributed by atoms with van der Waals surface area (Å²) in [5, 5.41) is 12.7. The van der Waals surface area contributed by atoms with Gasteiger partial charge in [-0.25, -0.2) is 0 Å². The van der Waals surface area contributed by atoms with Crippen molar-refractivity contribution in [3.05, 3.63) is 82.1 Å². The summed E-state index contributed by atoms with van der Waals surface area (Å²) in [7, 11) is 1.64. The smallest absolute Gasteiger partial charge is 0.269 e. The summed E-state index contributed by atoms with van der Waals surface area (Å²) in [4.78, 5) is 10.2. The van der Waals surface area contributed by atoms with E-state index in [0.717, 1.165) is 29.2 Å². The molecule has 24 heavy (non-hydrogen) atoms. The Kier molecular flexibility index (Phi) is 4.47. The Labute approximate surface area is 139 Å². The van der Waals surface area contributed by atoms with E-state index in [1.54, 1.807) is 19.2 Å². The van der Waals surface area contributed by atoms with Gasteiger partial charge in [0.05, 0.1) is 30.0 Å². The van der Waals surface area contributed by atoms with Gasteiger partial charge in [0.2, 0.25) is 0 Å². The first-order chi connectivity index (χ1) is 11.7. The second-order valence-corrected chi connectivity index (χ2v) is 5.26. The molecular weight excluding hydrogens is 306 g/mol. The molecule has 0 aromatic heterocycles. The first-order valence-electron chi connectivity index (χ1n) is 7.46. The summed E-state index contributed by atoms with van der Waals surface area (Å²) in [6.07, 6.45) is 5.94. The van der Waals surface area contributed by atoms with Crippen LogP contribution in [0.15, 0.2) is 66.4 Å². The molecule has 3 rings (SSSR count). The zero-order chi connectivity index (χ0) is 16.9. The Morgan fingerprint density at radius 3 is 2.46 bits per heavy atom. The van der Waals surface area contributed by atoms with Crippen LogP contribution >= 0.6 is 0 Å². The average Bonchev–Trinajstić information content (AvgIpc) is 3.09. The molecule has 0 radical (unpaired) electrons. The Morgan fingerprint density at radius 2 is 1.83 bits per heavy atom. The first-order valence-corrected chi connectivity index (χ1v) is 7.46. The Balaban J connectivity index is 1.61. The minimum atomic E-state index is -0.402. The molecule has 6 heteroatoms. The molecule has 1 heterocycles. The van der Waals surface area contributed by atoms with E-state index in [1.807, 2.05) is 41.4 Å². The Morgan fingerprint density at radius 1 is 1.12 bits per heavy atom. The van der Waals surface area contributed by atoms with Crippen molar-refractivity contribution < 1.29 is 9.66 Å². The Bertz CT molecular complexity index is 780. The predicted octanol–water partition coefficient (Wildman–Crippen LogP) is 3.53. The highest BCUT2D eigenvalue weighted by Gasteiger charge is 2.12. The number of nitrogens with zero attached hydrogens (tertiary/aromatic N) is 2. The van der Waals surface area contributed by atoms with Crippen molar-refractivity contribution >= 4 is 17.5 Å². The minimum Gasteiger partial charge on any atom is -0.497 e. The van der Waals surface area contributed by atoms with E-state index in [-0.39, 0.29) is 5.69 Å². The monoisotopic (exact) mass is 323 g/mol. The molecule has 0 atom stereocenters. The molecule has 2 aromatic carbocycles. The molecule has 0 bridgehead atoms. The van der Waals surface area contributed by atoms with E-state index in [2.05, 4.69) is 11.5 Å². The Hall–Kier alpha value is -3.28. The van der Waals surface area contributed by atoms with Crippen LogP contribution in [0.5, 0.6) is 5.75 Å². The van der Waals surface area contributed by atoms with E-state index in [0.29, 0.717) is 0 Å². The number of hydrogen-bond donors (Lipinski definition) is 1. The van der Waals surface area contributed by atoms with Gasteiger partial charge in [-0.2, -0.15) is 0 Å². The minimum absolute atomic E-state index is 0.0936. The third-order valence-corrected chi connectivity index (χ3v) is 3.70. The quantitative estimate of drug-likeness (QED) is 0.673. The molecule has 1 N–H and O–H groups in total. The molecule has 1 aliphatic heterocycles. The molecule has 2 aromatic rings. The van der Waals surface area contributed by atoms with Gasteiger partial charge < -0.3 is 4.74 Å². The highest BCUT2D eigenvalue weighted by molar-refractivity contribution is 5.57. The number of allylic oxidation sites excluding steroid dienone is 1. The average molecular weight is 323 g/mol. The zero-order valence-electron chi connectivity index (χ0n) is 13.2. The fourth-order valence-corrected chi connectivity index (χ4v) is 2.37. The number of nitro benzene ring substituents is 1. The molecule has 1 aliphatic rings. The topological polar surface area (TPSA) is 67.6 Å². The van der Waals surface area contributed by atoms with Crippen molar-refractivity contribution in [1.29, 1.82) is 0 Å². The van der Waals surface area contributed by atoms with Gasteiger partial charge in [0, 0.05) is 12.1 Å². The number of hydrogen-bond acceptors (Lipinski definition) is 5. The molecule has 0 saturated heterocycles. The standard InChI is InChI=1S/C18H17N3O3/c1-24-18-10-8-16(9-11-18)20-13-12-15(19-20)5-2-14-3-6-17(7-4-14)21(22)23/h2-12,19H,13H2,1H3. The number of ether oxygens (including phenoxy) is 1. The maximum Gasteiger partial charge on any atom is 0.269 e. The van der Waals surface area contributed by atoms with Gasteiger partial charge in [0.25, 0.3) is 5.69 Å². The SMILES string of the molecule is COc1ccc(N2CC=C(C=Cc3ccc([N+](=O)[O-])cc3)N2)cc1. The van der Waals surface area contributed by atoms with Crippen LogP contribution in [0.2, 0.25) is 0 Å². The van der Waals surface area contributed by atoms with Gasteiger partial charge in [-0.05, 0) is 54.1 Å². The summed E-state index contributed by atoms with van der Waals surface area (Å²) < 4.78 is 5.16. The normalized spacial score (nSPS) is 13.7. The third-order valence-electron chi connectivity index (χ3n) is 3.70. The molecule has 122 valence electrons. The van der Waals surface area contributed by atoms with Crippen LogP contribution in [-0.4, -0.2) is 18.6 Å². The molecule has 0 aliphatic carbocycles. The predicted molar refractivity (Wildman–Crippen MR) is 93.7 cm³/mol. The molecule has 0 amide bonds. The molecule has 6 nitrogen and oxygen atoms in total. The number of nitro groups is 1. The van der Waals surface area contributed by atoms with Crippen molar-refractivity contribution in [3.63, 3.8) is 0 Å². The summed E-state index contributed by atoms with van der Waals surface area (Å²) in [5.74, 6) is 0.823.